The van der Waals surface area contributed by atoms with Gasteiger partial charge in [0.15, 0.2) is 11.0 Å². The molecule has 36 heavy (non-hydrogen) atoms. The largest absolute Gasteiger partial charge is 0.495 e. The number of hydrogen-bond acceptors (Lipinski definition) is 5. The highest BCUT2D eigenvalue weighted by atomic mass is 32.2. The average molecular weight is 507 g/mol. The van der Waals surface area contributed by atoms with Crippen molar-refractivity contribution in [2.24, 2.45) is 5.92 Å². The Hall–Kier alpha value is -3.59. The number of nitrogens with one attached hydrogen (secondary N) is 1. The summed E-state index contributed by atoms with van der Waals surface area (Å²) in [5.74, 6) is 0.810. The zero-order valence-corrected chi connectivity index (χ0v) is 20.8. The van der Waals surface area contributed by atoms with Crippen LogP contribution in [0.25, 0.3) is 16.6 Å². The van der Waals surface area contributed by atoms with Gasteiger partial charge in [-0.1, -0.05) is 32.1 Å². The fraction of sp³-hybridized carbons (Fsp3) is 0.296. The van der Waals surface area contributed by atoms with Crippen molar-refractivity contribution in [1.29, 1.82) is 0 Å². The third kappa shape index (κ3) is 5.02. The Bertz CT molecular complexity index is 1470. The SMILES string of the molecule is COc1cc(CC2CCCCC2)c(F)cc1-n1c(=O)ccc2cc(S(=O)Nc3ncccn3)ccc21. The van der Waals surface area contributed by atoms with Crippen LogP contribution in [-0.4, -0.2) is 25.9 Å². The highest BCUT2D eigenvalue weighted by molar-refractivity contribution is 7.86. The molecule has 1 atom stereocenters. The number of fused-ring (bicyclic) bond motifs is 1. The van der Waals surface area contributed by atoms with E-state index in [1.54, 1.807) is 48.8 Å². The van der Waals surface area contributed by atoms with E-state index in [1.807, 2.05) is 0 Å². The lowest BCUT2D eigenvalue weighted by Gasteiger charge is -2.22. The van der Waals surface area contributed by atoms with Crippen LogP contribution in [0.15, 0.2) is 70.6 Å². The second kappa shape index (κ2) is 10.6. The Morgan fingerprint density at radius 3 is 2.61 bits per heavy atom. The van der Waals surface area contributed by atoms with Crippen molar-refractivity contribution in [2.45, 2.75) is 43.4 Å². The summed E-state index contributed by atoms with van der Waals surface area (Å²) < 4.78 is 37.9. The van der Waals surface area contributed by atoms with Gasteiger partial charge in [-0.05, 0) is 54.3 Å². The summed E-state index contributed by atoms with van der Waals surface area (Å²) in [6.07, 6.45) is 9.62. The molecule has 1 aliphatic rings. The number of hydrogen-bond donors (Lipinski definition) is 1. The molecule has 0 bridgehead atoms. The summed E-state index contributed by atoms with van der Waals surface area (Å²) >= 11 is 0. The molecular formula is C27H27FN4O3S. The van der Waals surface area contributed by atoms with E-state index in [0.29, 0.717) is 45.1 Å². The third-order valence-electron chi connectivity index (χ3n) is 6.65. The zero-order valence-electron chi connectivity index (χ0n) is 19.9. The summed E-state index contributed by atoms with van der Waals surface area (Å²) in [4.78, 5) is 21.5. The van der Waals surface area contributed by atoms with Gasteiger partial charge in [-0.2, -0.15) is 0 Å². The van der Waals surface area contributed by atoms with Crippen LogP contribution in [0.1, 0.15) is 37.7 Å². The van der Waals surface area contributed by atoms with Crippen LogP contribution in [-0.2, 0) is 17.4 Å². The Balaban J connectivity index is 1.51. The molecule has 0 aliphatic heterocycles. The minimum atomic E-state index is -1.61. The highest BCUT2D eigenvalue weighted by Crippen LogP contribution is 2.33. The van der Waals surface area contributed by atoms with Gasteiger partial charge >= 0.3 is 0 Å². The lowest BCUT2D eigenvalue weighted by atomic mass is 9.84. The first kappa shape index (κ1) is 24.1. The van der Waals surface area contributed by atoms with Crippen LogP contribution < -0.4 is 15.0 Å². The van der Waals surface area contributed by atoms with E-state index in [4.69, 9.17) is 4.74 Å². The first-order chi connectivity index (χ1) is 17.5. The lowest BCUT2D eigenvalue weighted by Crippen LogP contribution is -2.19. The Morgan fingerprint density at radius 2 is 1.86 bits per heavy atom. The van der Waals surface area contributed by atoms with Crippen molar-refractivity contribution in [3.05, 3.63) is 82.7 Å². The number of nitrogens with zero attached hydrogens (tertiary/aromatic N) is 3. The molecule has 186 valence electrons. The molecule has 1 saturated carbocycles. The molecule has 4 aromatic rings. The molecular weight excluding hydrogens is 479 g/mol. The molecule has 5 rings (SSSR count). The molecule has 2 heterocycles. The molecule has 2 aromatic heterocycles. The van der Waals surface area contributed by atoms with Crippen molar-refractivity contribution >= 4 is 27.8 Å². The number of rotatable bonds is 7. The van der Waals surface area contributed by atoms with Crippen molar-refractivity contribution in [3.63, 3.8) is 0 Å². The highest BCUT2D eigenvalue weighted by Gasteiger charge is 2.20. The van der Waals surface area contributed by atoms with Crippen molar-refractivity contribution < 1.29 is 13.3 Å². The fourth-order valence-electron chi connectivity index (χ4n) is 4.86. The van der Waals surface area contributed by atoms with Crippen LogP contribution in [0.4, 0.5) is 10.3 Å². The smallest absolute Gasteiger partial charge is 0.255 e. The van der Waals surface area contributed by atoms with E-state index in [0.717, 1.165) is 12.8 Å². The normalized spacial score (nSPS) is 15.1. The van der Waals surface area contributed by atoms with E-state index in [1.165, 1.54) is 43.1 Å². The number of pyridine rings is 1. The van der Waals surface area contributed by atoms with Crippen LogP contribution in [0.2, 0.25) is 0 Å². The first-order valence-corrected chi connectivity index (χ1v) is 13.2. The van der Waals surface area contributed by atoms with E-state index in [-0.39, 0.29) is 17.3 Å². The number of halogens is 1. The molecule has 0 saturated heterocycles. The van der Waals surface area contributed by atoms with Gasteiger partial charge in [-0.25, -0.2) is 18.6 Å². The summed E-state index contributed by atoms with van der Waals surface area (Å²) in [5.41, 5.74) is 1.19. The van der Waals surface area contributed by atoms with Crippen molar-refractivity contribution in [2.75, 3.05) is 11.8 Å². The first-order valence-electron chi connectivity index (χ1n) is 12.0. The number of methoxy groups -OCH3 is 1. The summed E-state index contributed by atoms with van der Waals surface area (Å²) in [6, 6.07) is 12.9. The average Bonchev–Trinajstić information content (AvgIpc) is 2.90. The van der Waals surface area contributed by atoms with Crippen LogP contribution in [0, 0.1) is 11.7 Å². The van der Waals surface area contributed by atoms with E-state index in [9.17, 15) is 9.00 Å². The molecule has 1 aliphatic carbocycles. The summed E-state index contributed by atoms with van der Waals surface area (Å²) in [7, 11) is -0.0870. The molecule has 7 nitrogen and oxygen atoms in total. The van der Waals surface area contributed by atoms with Gasteiger partial charge in [0.1, 0.15) is 11.6 Å². The molecule has 9 heteroatoms. The van der Waals surface area contributed by atoms with E-state index in [2.05, 4.69) is 14.7 Å². The Kier molecular flexibility index (Phi) is 7.09. The van der Waals surface area contributed by atoms with Crippen LogP contribution in [0.5, 0.6) is 5.75 Å². The third-order valence-corrected chi connectivity index (χ3v) is 7.70. The maximum Gasteiger partial charge on any atom is 0.255 e. The van der Waals surface area contributed by atoms with Crippen LogP contribution >= 0.6 is 0 Å². The standard InChI is InChI=1S/C27H27FN4O3S/c1-35-25-16-20(14-18-6-3-2-4-7-18)22(28)17-24(25)32-23-10-9-21(15-19(23)8-11-26(32)33)36(34)31-27-29-12-5-13-30-27/h5,8-13,15-18H,2-4,6-7,14H2,1H3,(H,29,30,31). The molecule has 1 fully saturated rings. The molecule has 1 unspecified atom stereocenters. The second-order valence-corrected chi connectivity index (χ2v) is 10.2. The van der Waals surface area contributed by atoms with E-state index >= 15 is 4.39 Å². The minimum absolute atomic E-state index is 0.245. The van der Waals surface area contributed by atoms with Crippen molar-refractivity contribution in [3.8, 4) is 11.4 Å². The predicted octanol–water partition coefficient (Wildman–Crippen LogP) is 5.19. The molecule has 0 amide bonds. The van der Waals surface area contributed by atoms with E-state index < -0.39 is 11.0 Å². The number of aromatic nitrogens is 3. The fourth-order valence-corrected chi connectivity index (χ4v) is 5.68. The maximum absolute atomic E-state index is 15.3. The topological polar surface area (TPSA) is 86.1 Å². The second-order valence-electron chi connectivity index (χ2n) is 8.99. The lowest BCUT2D eigenvalue weighted by molar-refractivity contribution is 0.351. The molecule has 1 N–H and O–H groups in total. The number of benzene rings is 2. The monoisotopic (exact) mass is 506 g/mol. The van der Waals surface area contributed by atoms with Gasteiger partial charge in [0.25, 0.3) is 5.56 Å². The van der Waals surface area contributed by atoms with Crippen LogP contribution in [0.3, 0.4) is 0 Å². The Labute approximate surface area is 211 Å². The number of anilines is 1. The van der Waals surface area contributed by atoms with Gasteiger partial charge in [-0.3, -0.25) is 14.1 Å². The summed E-state index contributed by atoms with van der Waals surface area (Å²) in [5, 5.41) is 0.671. The van der Waals surface area contributed by atoms with Gasteiger partial charge in [0, 0.05) is 29.9 Å². The Morgan fingerprint density at radius 1 is 1.08 bits per heavy atom. The van der Waals surface area contributed by atoms with Gasteiger partial charge in [0.05, 0.1) is 23.2 Å². The molecule has 0 radical (unpaired) electrons. The van der Waals surface area contributed by atoms with Crippen molar-refractivity contribution in [1.82, 2.24) is 14.5 Å². The van der Waals surface area contributed by atoms with Gasteiger partial charge in [0.2, 0.25) is 5.95 Å². The predicted molar refractivity (Wildman–Crippen MR) is 138 cm³/mol. The van der Waals surface area contributed by atoms with Gasteiger partial charge in [-0.15, -0.1) is 0 Å². The molecule has 2 aromatic carbocycles. The molecule has 0 spiro atoms. The van der Waals surface area contributed by atoms with Gasteiger partial charge < -0.3 is 4.74 Å². The minimum Gasteiger partial charge on any atom is -0.495 e. The number of ether oxygens (including phenoxy) is 1. The summed E-state index contributed by atoms with van der Waals surface area (Å²) in [6.45, 7) is 0. The zero-order chi connectivity index (χ0) is 25.1. The maximum atomic E-state index is 15.3. The quantitative estimate of drug-likeness (QED) is 0.373.